The number of carbonyl (C=O) groups is 1. The Bertz CT molecular complexity index is 834. The molecular weight excluding hydrogens is 350 g/mol. The van der Waals surface area contributed by atoms with E-state index in [1.165, 1.54) is 27.8 Å². The van der Waals surface area contributed by atoms with Crippen LogP contribution in [0.5, 0.6) is 0 Å². The van der Waals surface area contributed by atoms with Gasteiger partial charge in [0.25, 0.3) is 0 Å². The second-order valence-electron chi connectivity index (χ2n) is 8.55. The Kier molecular flexibility index (Phi) is 6.04. The minimum Gasteiger partial charge on any atom is -0.444 e. The van der Waals surface area contributed by atoms with E-state index in [0.29, 0.717) is 25.6 Å². The summed E-state index contributed by atoms with van der Waals surface area (Å²) in [6, 6.07) is 8.55. The highest BCUT2D eigenvalue weighted by atomic mass is 16.6. The zero-order chi connectivity index (χ0) is 20.3. The Morgan fingerprint density at radius 1 is 1.25 bits per heavy atom. The number of piperidine rings is 1. The van der Waals surface area contributed by atoms with Gasteiger partial charge in [0.15, 0.2) is 0 Å². The molecule has 0 radical (unpaired) electrons. The number of aryl methyl sites for hydroxylation is 1. The molecule has 1 aromatic carbocycles. The van der Waals surface area contributed by atoms with Gasteiger partial charge in [-0.25, -0.2) is 4.79 Å². The van der Waals surface area contributed by atoms with Gasteiger partial charge in [0.2, 0.25) is 0 Å². The largest absolute Gasteiger partial charge is 0.444 e. The van der Waals surface area contributed by atoms with Crippen LogP contribution in [-0.4, -0.2) is 34.7 Å². The molecule has 0 aliphatic carbocycles. The van der Waals surface area contributed by atoms with Crippen molar-refractivity contribution >= 4 is 6.09 Å². The van der Waals surface area contributed by atoms with Crippen molar-refractivity contribution in [2.75, 3.05) is 13.1 Å². The fourth-order valence-electron chi connectivity index (χ4n) is 3.79. The second kappa shape index (κ2) is 8.31. The van der Waals surface area contributed by atoms with Crippen LogP contribution in [0.4, 0.5) is 4.79 Å². The van der Waals surface area contributed by atoms with Crippen molar-refractivity contribution in [3.05, 3.63) is 53.3 Å². The number of nitrogens with zero attached hydrogens (tertiary/aromatic N) is 2. The number of ether oxygens (including phenoxy) is 1. The van der Waals surface area contributed by atoms with Crippen molar-refractivity contribution in [1.82, 2.24) is 9.88 Å². The number of likely N-dealkylation sites (tertiary alicyclic amines) is 1. The lowest BCUT2D eigenvalue weighted by atomic mass is 9.85. The van der Waals surface area contributed by atoms with Crippen molar-refractivity contribution in [2.45, 2.75) is 58.6 Å². The summed E-state index contributed by atoms with van der Waals surface area (Å²) < 4.78 is 5.51. The van der Waals surface area contributed by atoms with Crippen molar-refractivity contribution in [1.29, 1.82) is 0 Å². The topological polar surface area (TPSA) is 68.5 Å². The zero-order valence-electron chi connectivity index (χ0n) is 17.4. The first kappa shape index (κ1) is 20.3. The van der Waals surface area contributed by atoms with Gasteiger partial charge in [-0.15, -0.1) is 0 Å². The Labute approximate surface area is 167 Å². The third-order valence-electron chi connectivity index (χ3n) is 5.31. The van der Waals surface area contributed by atoms with Gasteiger partial charge in [0.05, 0.1) is 0 Å². The van der Waals surface area contributed by atoms with Gasteiger partial charge in [-0.05, 0) is 80.3 Å². The van der Waals surface area contributed by atoms with Crippen molar-refractivity contribution in [3.63, 3.8) is 0 Å². The first-order valence-corrected chi connectivity index (χ1v) is 10.0. The predicted molar refractivity (Wildman–Crippen MR) is 112 cm³/mol. The third kappa shape index (κ3) is 4.71. The summed E-state index contributed by atoms with van der Waals surface area (Å²) in [5.74, 6) is 0.386. The molecule has 3 rings (SSSR count). The van der Waals surface area contributed by atoms with Crippen LogP contribution in [0.15, 0.2) is 36.7 Å². The average Bonchev–Trinajstić information content (AvgIpc) is 2.67. The Morgan fingerprint density at radius 3 is 2.57 bits per heavy atom. The van der Waals surface area contributed by atoms with E-state index < -0.39 is 5.60 Å². The molecule has 1 saturated heterocycles. The van der Waals surface area contributed by atoms with Crippen molar-refractivity contribution in [2.24, 2.45) is 5.73 Å². The van der Waals surface area contributed by atoms with Gasteiger partial charge in [-0.3, -0.25) is 4.98 Å². The zero-order valence-corrected chi connectivity index (χ0v) is 17.4. The van der Waals surface area contributed by atoms with E-state index in [1.807, 2.05) is 38.1 Å². The molecule has 1 aromatic heterocycles. The fraction of sp³-hybridized carbons (Fsp3) is 0.478. The number of hydrogen-bond acceptors (Lipinski definition) is 4. The van der Waals surface area contributed by atoms with E-state index in [1.54, 1.807) is 0 Å². The highest BCUT2D eigenvalue weighted by molar-refractivity contribution is 5.70. The van der Waals surface area contributed by atoms with Gasteiger partial charge in [0.1, 0.15) is 5.60 Å². The van der Waals surface area contributed by atoms with Crippen LogP contribution in [0.3, 0.4) is 0 Å². The second-order valence-corrected chi connectivity index (χ2v) is 8.55. The first-order valence-electron chi connectivity index (χ1n) is 10.0. The SMILES string of the molecule is Cc1cc(-c2ccncc2C2CCN(C(=O)OC(C)(C)C)CC2)ccc1CN. The third-order valence-corrected chi connectivity index (χ3v) is 5.31. The van der Waals surface area contributed by atoms with Gasteiger partial charge < -0.3 is 15.4 Å². The monoisotopic (exact) mass is 381 g/mol. The Balaban J connectivity index is 1.76. The maximum absolute atomic E-state index is 12.3. The molecule has 0 atom stereocenters. The van der Waals surface area contributed by atoms with Crippen LogP contribution in [0.1, 0.15) is 56.2 Å². The van der Waals surface area contributed by atoms with Crippen LogP contribution in [-0.2, 0) is 11.3 Å². The summed E-state index contributed by atoms with van der Waals surface area (Å²) in [4.78, 5) is 18.5. The number of benzene rings is 1. The fourth-order valence-corrected chi connectivity index (χ4v) is 3.79. The van der Waals surface area contributed by atoms with E-state index in [2.05, 4.69) is 36.2 Å². The van der Waals surface area contributed by atoms with Crippen LogP contribution < -0.4 is 5.73 Å². The molecule has 1 aliphatic heterocycles. The molecule has 2 aromatic rings. The summed E-state index contributed by atoms with van der Waals surface area (Å²) in [7, 11) is 0. The normalized spacial score (nSPS) is 15.5. The van der Waals surface area contributed by atoms with Gasteiger partial charge in [-0.2, -0.15) is 0 Å². The molecular formula is C23H31N3O2. The van der Waals surface area contributed by atoms with Crippen LogP contribution in [0.25, 0.3) is 11.1 Å². The molecule has 0 saturated carbocycles. The van der Waals surface area contributed by atoms with Crippen LogP contribution in [0.2, 0.25) is 0 Å². The molecule has 5 nitrogen and oxygen atoms in total. The number of pyridine rings is 1. The maximum Gasteiger partial charge on any atom is 0.410 e. The summed E-state index contributed by atoms with van der Waals surface area (Å²) in [5.41, 5.74) is 11.4. The smallest absolute Gasteiger partial charge is 0.410 e. The first-order chi connectivity index (χ1) is 13.3. The minimum absolute atomic E-state index is 0.217. The molecule has 150 valence electrons. The number of hydrogen-bond donors (Lipinski definition) is 1. The average molecular weight is 382 g/mol. The summed E-state index contributed by atoms with van der Waals surface area (Å²) >= 11 is 0. The van der Waals surface area contributed by atoms with E-state index in [4.69, 9.17) is 10.5 Å². The molecule has 1 fully saturated rings. The van der Waals surface area contributed by atoms with Crippen LogP contribution in [0, 0.1) is 6.92 Å². The summed E-state index contributed by atoms with van der Waals surface area (Å²) in [5, 5.41) is 0. The van der Waals surface area contributed by atoms with Gasteiger partial charge >= 0.3 is 6.09 Å². The quantitative estimate of drug-likeness (QED) is 0.841. The van der Waals surface area contributed by atoms with Gasteiger partial charge in [-0.1, -0.05) is 18.2 Å². The highest BCUT2D eigenvalue weighted by Crippen LogP contribution is 2.35. The summed E-state index contributed by atoms with van der Waals surface area (Å²) in [6.07, 6.45) is 5.44. The number of carbonyl (C=O) groups excluding carboxylic acids is 1. The highest BCUT2D eigenvalue weighted by Gasteiger charge is 2.28. The van der Waals surface area contributed by atoms with Crippen LogP contribution >= 0.6 is 0 Å². The Morgan fingerprint density at radius 2 is 1.96 bits per heavy atom. The molecule has 28 heavy (non-hydrogen) atoms. The summed E-state index contributed by atoms with van der Waals surface area (Å²) in [6.45, 7) is 9.77. The predicted octanol–water partition coefficient (Wildman–Crippen LogP) is 4.63. The molecule has 2 heterocycles. The number of rotatable bonds is 3. The number of aromatic nitrogens is 1. The lowest BCUT2D eigenvalue weighted by Crippen LogP contribution is -2.41. The van der Waals surface area contributed by atoms with E-state index >= 15 is 0 Å². The maximum atomic E-state index is 12.3. The molecule has 5 heteroatoms. The molecule has 0 bridgehead atoms. The standard InChI is InChI=1S/C23H31N3O2/c1-16-13-18(5-6-19(16)14-24)20-7-10-25-15-21(20)17-8-11-26(12-9-17)22(27)28-23(2,3)4/h5-7,10,13,15,17H,8-9,11-12,14,24H2,1-4H3. The van der Waals surface area contributed by atoms with E-state index in [-0.39, 0.29) is 6.09 Å². The molecule has 2 N–H and O–H groups in total. The lowest BCUT2D eigenvalue weighted by molar-refractivity contribution is 0.0205. The van der Waals surface area contributed by atoms with E-state index in [0.717, 1.165) is 12.8 Å². The minimum atomic E-state index is -0.460. The molecule has 0 spiro atoms. The Hall–Kier alpha value is -2.40. The van der Waals surface area contributed by atoms with Crippen molar-refractivity contribution < 1.29 is 9.53 Å². The number of nitrogens with two attached hydrogens (primary N) is 1. The molecule has 1 amide bonds. The molecule has 0 unspecified atom stereocenters. The van der Waals surface area contributed by atoms with E-state index in [9.17, 15) is 4.79 Å². The van der Waals surface area contributed by atoms with Crippen molar-refractivity contribution in [3.8, 4) is 11.1 Å². The van der Waals surface area contributed by atoms with Gasteiger partial charge in [0, 0.05) is 32.0 Å². The molecule has 1 aliphatic rings. The number of amides is 1. The lowest BCUT2D eigenvalue weighted by Gasteiger charge is -2.34.